The molecular formula is C16H15N3S. The lowest BCUT2D eigenvalue weighted by Gasteiger charge is -2.29. The molecule has 20 heavy (non-hydrogen) atoms. The molecule has 1 aromatic carbocycles. The van der Waals surface area contributed by atoms with E-state index in [4.69, 9.17) is 0 Å². The lowest BCUT2D eigenvalue weighted by Crippen LogP contribution is -2.25. The number of para-hydroxylation sites is 1. The Kier molecular flexibility index (Phi) is 2.47. The summed E-state index contributed by atoms with van der Waals surface area (Å²) < 4.78 is 2.10. The highest BCUT2D eigenvalue weighted by Gasteiger charge is 2.27. The maximum Gasteiger partial charge on any atom is 0.156 e. The number of rotatable bonds is 1. The van der Waals surface area contributed by atoms with E-state index in [0.717, 1.165) is 5.69 Å². The van der Waals surface area contributed by atoms with Crippen LogP contribution in [0.25, 0.3) is 11.3 Å². The molecule has 0 saturated carbocycles. The van der Waals surface area contributed by atoms with Crippen LogP contribution >= 0.6 is 11.3 Å². The molecule has 1 unspecified atom stereocenters. The highest BCUT2D eigenvalue weighted by Crippen LogP contribution is 2.40. The standard InChI is InChI=1S/C16H15N3S/c1-10-5-3-6-12-13-9-11(2)18-19(13)16(17-15(10)12)14-7-4-8-20-14/h3-9,16-17H,1-2H3. The molecule has 0 aliphatic carbocycles. The maximum absolute atomic E-state index is 4.68. The maximum atomic E-state index is 4.68. The van der Waals surface area contributed by atoms with Crippen LogP contribution in [-0.2, 0) is 0 Å². The molecule has 1 aliphatic heterocycles. The number of aromatic nitrogens is 2. The third-order valence-electron chi connectivity index (χ3n) is 3.74. The normalized spacial score (nSPS) is 16.4. The minimum absolute atomic E-state index is 0.0901. The third-order valence-corrected chi connectivity index (χ3v) is 4.67. The minimum atomic E-state index is 0.0901. The third kappa shape index (κ3) is 1.61. The fraction of sp³-hybridized carbons (Fsp3) is 0.188. The van der Waals surface area contributed by atoms with Gasteiger partial charge in [-0.1, -0.05) is 24.3 Å². The van der Waals surface area contributed by atoms with Crippen molar-refractivity contribution < 1.29 is 0 Å². The van der Waals surface area contributed by atoms with E-state index in [1.54, 1.807) is 11.3 Å². The summed E-state index contributed by atoms with van der Waals surface area (Å²) in [5.41, 5.74) is 5.97. The molecule has 0 bridgehead atoms. The Labute approximate surface area is 121 Å². The summed E-state index contributed by atoms with van der Waals surface area (Å²) in [5.74, 6) is 0. The van der Waals surface area contributed by atoms with Crippen LogP contribution in [0.2, 0.25) is 0 Å². The van der Waals surface area contributed by atoms with Gasteiger partial charge in [-0.3, -0.25) is 0 Å². The van der Waals surface area contributed by atoms with Crippen molar-refractivity contribution in [3.63, 3.8) is 0 Å². The van der Waals surface area contributed by atoms with Crippen molar-refractivity contribution >= 4 is 17.0 Å². The van der Waals surface area contributed by atoms with Crippen LogP contribution in [0, 0.1) is 13.8 Å². The molecule has 2 aromatic heterocycles. The van der Waals surface area contributed by atoms with Gasteiger partial charge in [0.25, 0.3) is 0 Å². The lowest BCUT2D eigenvalue weighted by molar-refractivity contribution is 0.578. The van der Waals surface area contributed by atoms with E-state index in [1.807, 2.05) is 6.92 Å². The van der Waals surface area contributed by atoms with Gasteiger partial charge < -0.3 is 5.32 Å². The molecule has 4 rings (SSSR count). The molecule has 1 atom stereocenters. The van der Waals surface area contributed by atoms with Gasteiger partial charge in [-0.25, -0.2) is 4.68 Å². The van der Waals surface area contributed by atoms with Gasteiger partial charge in [0.15, 0.2) is 6.17 Å². The fourth-order valence-electron chi connectivity index (χ4n) is 2.82. The number of benzene rings is 1. The number of aryl methyl sites for hydroxylation is 2. The van der Waals surface area contributed by atoms with Crippen molar-refractivity contribution in [1.29, 1.82) is 0 Å². The Hall–Kier alpha value is -2.07. The summed E-state index contributed by atoms with van der Waals surface area (Å²) in [7, 11) is 0. The molecule has 0 radical (unpaired) electrons. The van der Waals surface area contributed by atoms with Crippen LogP contribution in [0.4, 0.5) is 5.69 Å². The number of thiophene rings is 1. The summed E-state index contributed by atoms with van der Waals surface area (Å²) >= 11 is 1.76. The number of fused-ring (bicyclic) bond motifs is 3. The Morgan fingerprint density at radius 3 is 2.90 bits per heavy atom. The highest BCUT2D eigenvalue weighted by atomic mass is 32.1. The van der Waals surface area contributed by atoms with Gasteiger partial charge in [-0.05, 0) is 36.9 Å². The monoisotopic (exact) mass is 281 g/mol. The van der Waals surface area contributed by atoms with E-state index in [2.05, 4.69) is 63.8 Å². The number of nitrogens with zero attached hydrogens (tertiary/aromatic N) is 2. The smallest absolute Gasteiger partial charge is 0.156 e. The lowest BCUT2D eigenvalue weighted by atomic mass is 10.0. The van der Waals surface area contributed by atoms with Crippen LogP contribution in [-0.4, -0.2) is 9.78 Å². The zero-order valence-electron chi connectivity index (χ0n) is 11.4. The Balaban J connectivity index is 1.97. The predicted molar refractivity (Wildman–Crippen MR) is 83.2 cm³/mol. The van der Waals surface area contributed by atoms with Crippen LogP contribution < -0.4 is 5.32 Å². The van der Waals surface area contributed by atoms with Crippen LogP contribution in [0.1, 0.15) is 22.3 Å². The van der Waals surface area contributed by atoms with Gasteiger partial charge in [-0.2, -0.15) is 5.10 Å². The van der Waals surface area contributed by atoms with Crippen molar-refractivity contribution in [1.82, 2.24) is 9.78 Å². The van der Waals surface area contributed by atoms with Gasteiger partial charge in [-0.15, -0.1) is 11.3 Å². The molecule has 3 nitrogen and oxygen atoms in total. The molecule has 3 aromatic rings. The molecule has 4 heteroatoms. The zero-order chi connectivity index (χ0) is 13.7. The van der Waals surface area contributed by atoms with Crippen molar-refractivity contribution in [3.05, 3.63) is 57.9 Å². The van der Waals surface area contributed by atoms with Crippen molar-refractivity contribution in [2.24, 2.45) is 0 Å². The van der Waals surface area contributed by atoms with Crippen molar-refractivity contribution in [2.45, 2.75) is 20.0 Å². The number of hydrogen-bond donors (Lipinski definition) is 1. The first kappa shape index (κ1) is 11.7. The first-order chi connectivity index (χ1) is 9.74. The highest BCUT2D eigenvalue weighted by molar-refractivity contribution is 7.10. The van der Waals surface area contributed by atoms with E-state index >= 15 is 0 Å². The van der Waals surface area contributed by atoms with Gasteiger partial charge in [0, 0.05) is 16.1 Å². The average Bonchev–Trinajstić information content (AvgIpc) is 3.06. The zero-order valence-corrected chi connectivity index (χ0v) is 12.2. The van der Waals surface area contributed by atoms with Gasteiger partial charge >= 0.3 is 0 Å². The van der Waals surface area contributed by atoms with Gasteiger partial charge in [0.2, 0.25) is 0 Å². The van der Waals surface area contributed by atoms with Gasteiger partial charge in [0.05, 0.1) is 11.4 Å². The van der Waals surface area contributed by atoms with E-state index in [1.165, 1.54) is 27.4 Å². The second-order valence-corrected chi connectivity index (χ2v) is 6.15. The first-order valence-corrected chi connectivity index (χ1v) is 7.58. The summed E-state index contributed by atoms with van der Waals surface area (Å²) in [4.78, 5) is 1.28. The summed E-state index contributed by atoms with van der Waals surface area (Å²) in [5, 5.41) is 10.4. The summed E-state index contributed by atoms with van der Waals surface area (Å²) in [6.45, 7) is 4.20. The van der Waals surface area contributed by atoms with E-state index < -0.39 is 0 Å². The second kappa shape index (κ2) is 4.21. The van der Waals surface area contributed by atoms with E-state index in [9.17, 15) is 0 Å². The molecule has 0 fully saturated rings. The van der Waals surface area contributed by atoms with E-state index in [-0.39, 0.29) is 6.17 Å². The average molecular weight is 281 g/mol. The van der Waals surface area contributed by atoms with Crippen molar-refractivity contribution in [2.75, 3.05) is 5.32 Å². The van der Waals surface area contributed by atoms with Crippen LogP contribution in [0.15, 0.2) is 41.8 Å². The Morgan fingerprint density at radius 2 is 2.10 bits per heavy atom. The molecule has 100 valence electrons. The first-order valence-electron chi connectivity index (χ1n) is 6.70. The van der Waals surface area contributed by atoms with Crippen LogP contribution in [0.3, 0.4) is 0 Å². The molecule has 3 heterocycles. The summed E-state index contributed by atoms with van der Waals surface area (Å²) in [6.07, 6.45) is 0.0901. The fourth-order valence-corrected chi connectivity index (χ4v) is 3.58. The second-order valence-electron chi connectivity index (χ2n) is 5.18. The number of anilines is 1. The van der Waals surface area contributed by atoms with Crippen LogP contribution in [0.5, 0.6) is 0 Å². The molecule has 0 spiro atoms. The van der Waals surface area contributed by atoms with Gasteiger partial charge in [0.1, 0.15) is 0 Å². The molecular weight excluding hydrogens is 266 g/mol. The molecule has 0 amide bonds. The molecule has 1 N–H and O–H groups in total. The minimum Gasteiger partial charge on any atom is -0.359 e. The predicted octanol–water partition coefficient (Wildman–Crippen LogP) is 4.20. The molecule has 0 saturated heterocycles. The van der Waals surface area contributed by atoms with Crippen molar-refractivity contribution in [3.8, 4) is 11.3 Å². The number of nitrogens with one attached hydrogen (secondary N) is 1. The molecule has 1 aliphatic rings. The quantitative estimate of drug-likeness (QED) is 0.724. The largest absolute Gasteiger partial charge is 0.359 e. The SMILES string of the molecule is Cc1cc2n(n1)C(c1cccs1)Nc1c(C)cccc1-2. The Bertz CT molecular complexity index is 771. The number of hydrogen-bond acceptors (Lipinski definition) is 3. The Morgan fingerprint density at radius 1 is 1.20 bits per heavy atom. The van der Waals surface area contributed by atoms with E-state index in [0.29, 0.717) is 0 Å². The topological polar surface area (TPSA) is 29.9 Å². The summed E-state index contributed by atoms with van der Waals surface area (Å²) in [6, 6.07) is 12.8.